The molecule has 96 valence electrons. The molecule has 0 unspecified atom stereocenters. The van der Waals surface area contributed by atoms with Crippen molar-refractivity contribution in [3.8, 4) is 11.5 Å². The second kappa shape index (κ2) is 5.93. The van der Waals surface area contributed by atoms with Gasteiger partial charge in [-0.1, -0.05) is 11.6 Å². The molecule has 2 rings (SSSR count). The number of hydrogen-bond acceptors (Lipinski definition) is 5. The third-order valence-electron chi connectivity index (χ3n) is 2.42. The van der Waals surface area contributed by atoms with E-state index in [-0.39, 0.29) is 0 Å². The molecule has 0 aliphatic rings. The summed E-state index contributed by atoms with van der Waals surface area (Å²) in [5, 5.41) is 5.77. The molecule has 2 aromatic rings. The fraction of sp³-hybridized carbons (Fsp3) is 0.250. The second-order valence-electron chi connectivity index (χ2n) is 3.52. The van der Waals surface area contributed by atoms with E-state index in [2.05, 4.69) is 10.3 Å². The van der Waals surface area contributed by atoms with E-state index in [1.165, 1.54) is 0 Å². The average molecular weight is 285 g/mol. The molecule has 1 heterocycles. The van der Waals surface area contributed by atoms with Crippen molar-refractivity contribution >= 4 is 28.6 Å². The molecule has 0 amide bonds. The molecule has 4 nitrogen and oxygen atoms in total. The van der Waals surface area contributed by atoms with Crippen LogP contribution in [0.2, 0.25) is 5.02 Å². The Hall–Kier alpha value is -1.46. The normalized spacial score (nSPS) is 10.2. The minimum Gasteiger partial charge on any atom is -0.495 e. The Labute approximate surface area is 115 Å². The van der Waals surface area contributed by atoms with E-state index in [1.807, 2.05) is 5.38 Å². The summed E-state index contributed by atoms with van der Waals surface area (Å²) >= 11 is 7.65. The molecule has 1 aromatic heterocycles. The number of hydrogen-bond donors (Lipinski definition) is 1. The maximum Gasteiger partial charge on any atom is 0.145 e. The molecule has 18 heavy (non-hydrogen) atoms. The van der Waals surface area contributed by atoms with Gasteiger partial charge in [0.2, 0.25) is 0 Å². The summed E-state index contributed by atoms with van der Waals surface area (Å²) in [5.41, 5.74) is 3.60. The van der Waals surface area contributed by atoms with Crippen molar-refractivity contribution in [3.63, 3.8) is 0 Å². The number of halogens is 1. The Kier molecular flexibility index (Phi) is 4.28. The fourth-order valence-corrected chi connectivity index (χ4v) is 2.31. The summed E-state index contributed by atoms with van der Waals surface area (Å²) in [7, 11) is 3.18. The molecule has 0 saturated heterocycles. The minimum absolute atomic E-state index is 0.541. The lowest BCUT2D eigenvalue weighted by Crippen LogP contribution is -2.02. The number of nitrogens with one attached hydrogen (secondary N) is 1. The van der Waals surface area contributed by atoms with Crippen LogP contribution >= 0.6 is 22.9 Å². The van der Waals surface area contributed by atoms with Gasteiger partial charge >= 0.3 is 0 Å². The summed E-state index contributed by atoms with van der Waals surface area (Å²) in [6, 6.07) is 3.54. The van der Waals surface area contributed by atoms with E-state index in [9.17, 15) is 0 Å². The first-order chi connectivity index (χ1) is 8.74. The molecule has 6 heteroatoms. The molecule has 0 spiro atoms. The molecule has 0 fully saturated rings. The number of anilines is 1. The first-order valence-corrected chi connectivity index (χ1v) is 6.59. The number of rotatable bonds is 5. The van der Waals surface area contributed by atoms with Crippen LogP contribution in [-0.4, -0.2) is 19.2 Å². The first kappa shape index (κ1) is 13.0. The molecule has 1 N–H and O–H groups in total. The number of benzene rings is 1. The Morgan fingerprint density at radius 1 is 1.28 bits per heavy atom. The Morgan fingerprint density at radius 2 is 2.06 bits per heavy atom. The van der Waals surface area contributed by atoms with Gasteiger partial charge in [0.1, 0.15) is 11.5 Å². The van der Waals surface area contributed by atoms with Gasteiger partial charge in [0.25, 0.3) is 0 Å². The highest BCUT2D eigenvalue weighted by Gasteiger charge is 2.09. The van der Waals surface area contributed by atoms with Gasteiger partial charge in [-0.15, -0.1) is 11.3 Å². The minimum atomic E-state index is 0.541. The fourth-order valence-electron chi connectivity index (χ4n) is 1.51. The van der Waals surface area contributed by atoms with Gasteiger partial charge < -0.3 is 14.8 Å². The molecule has 0 bridgehead atoms. The smallest absolute Gasteiger partial charge is 0.145 e. The third kappa shape index (κ3) is 2.86. The summed E-state index contributed by atoms with van der Waals surface area (Å²) in [6.45, 7) is 0.627. The van der Waals surface area contributed by atoms with Gasteiger partial charge in [-0.3, -0.25) is 0 Å². The maximum absolute atomic E-state index is 6.08. The Bertz CT molecular complexity index is 517. The van der Waals surface area contributed by atoms with Gasteiger partial charge in [0.05, 0.1) is 42.7 Å². The van der Waals surface area contributed by atoms with E-state index in [4.69, 9.17) is 21.1 Å². The Morgan fingerprint density at radius 3 is 2.67 bits per heavy atom. The van der Waals surface area contributed by atoms with Crippen LogP contribution < -0.4 is 14.8 Å². The summed E-state index contributed by atoms with van der Waals surface area (Å²) < 4.78 is 10.4. The predicted octanol–water partition coefficient (Wildman–Crippen LogP) is 3.43. The quantitative estimate of drug-likeness (QED) is 0.913. The molecular weight excluding hydrogens is 272 g/mol. The average Bonchev–Trinajstić information content (AvgIpc) is 2.89. The van der Waals surface area contributed by atoms with Crippen LogP contribution in [0.3, 0.4) is 0 Å². The van der Waals surface area contributed by atoms with E-state index in [1.54, 1.807) is 43.2 Å². The highest BCUT2D eigenvalue weighted by Crippen LogP contribution is 2.36. The lowest BCUT2D eigenvalue weighted by atomic mass is 10.2. The maximum atomic E-state index is 6.08. The third-order valence-corrected chi connectivity index (χ3v) is 3.35. The van der Waals surface area contributed by atoms with Gasteiger partial charge in [-0.2, -0.15) is 0 Å². The van der Waals surface area contributed by atoms with Crippen LogP contribution in [0, 0.1) is 0 Å². The van der Waals surface area contributed by atoms with Crippen molar-refractivity contribution in [2.45, 2.75) is 6.54 Å². The van der Waals surface area contributed by atoms with Crippen molar-refractivity contribution in [3.05, 3.63) is 33.7 Å². The van der Waals surface area contributed by atoms with Crippen LogP contribution in [0.15, 0.2) is 23.0 Å². The zero-order chi connectivity index (χ0) is 13.0. The highest BCUT2D eigenvalue weighted by atomic mass is 35.5. The van der Waals surface area contributed by atoms with E-state index in [0.29, 0.717) is 23.1 Å². The summed E-state index contributed by atoms with van der Waals surface area (Å²) in [6.07, 6.45) is 0. The monoisotopic (exact) mass is 284 g/mol. The number of ether oxygens (including phenoxy) is 2. The molecular formula is C12H13ClN2O2S. The van der Waals surface area contributed by atoms with Crippen molar-refractivity contribution in [1.82, 2.24) is 4.98 Å². The van der Waals surface area contributed by atoms with Gasteiger partial charge in [-0.05, 0) is 6.07 Å². The number of aromatic nitrogens is 1. The Balaban J connectivity index is 2.18. The molecule has 0 saturated carbocycles. The first-order valence-electron chi connectivity index (χ1n) is 5.27. The summed E-state index contributed by atoms with van der Waals surface area (Å²) in [5.74, 6) is 1.28. The second-order valence-corrected chi connectivity index (χ2v) is 4.65. The lowest BCUT2D eigenvalue weighted by Gasteiger charge is -2.13. The number of thiazole rings is 1. The van der Waals surface area contributed by atoms with Gasteiger partial charge in [-0.25, -0.2) is 4.98 Å². The predicted molar refractivity (Wildman–Crippen MR) is 74.0 cm³/mol. The van der Waals surface area contributed by atoms with Crippen molar-refractivity contribution in [1.29, 1.82) is 0 Å². The zero-order valence-electron chi connectivity index (χ0n) is 10.1. The van der Waals surface area contributed by atoms with Crippen molar-refractivity contribution < 1.29 is 9.47 Å². The number of nitrogens with zero attached hydrogens (tertiary/aromatic N) is 1. The number of methoxy groups -OCH3 is 2. The van der Waals surface area contributed by atoms with E-state index in [0.717, 1.165) is 11.4 Å². The van der Waals surface area contributed by atoms with Crippen LogP contribution in [-0.2, 0) is 6.54 Å². The summed E-state index contributed by atoms with van der Waals surface area (Å²) in [4.78, 5) is 4.20. The van der Waals surface area contributed by atoms with Crippen molar-refractivity contribution in [2.24, 2.45) is 0 Å². The zero-order valence-corrected chi connectivity index (χ0v) is 11.6. The molecule has 1 aromatic carbocycles. The molecule has 0 aliphatic carbocycles. The van der Waals surface area contributed by atoms with Crippen LogP contribution in [0.1, 0.15) is 5.69 Å². The van der Waals surface area contributed by atoms with Gasteiger partial charge in [0.15, 0.2) is 0 Å². The standard InChI is InChI=1S/C12H13ClN2O2S/c1-16-11-4-12(17-2)10(3-9(11)13)14-5-8-6-18-7-15-8/h3-4,6-7,14H,5H2,1-2H3. The van der Waals surface area contributed by atoms with E-state index < -0.39 is 0 Å². The van der Waals surface area contributed by atoms with Crippen LogP contribution in [0.4, 0.5) is 5.69 Å². The van der Waals surface area contributed by atoms with E-state index >= 15 is 0 Å². The topological polar surface area (TPSA) is 43.4 Å². The molecule has 0 atom stereocenters. The largest absolute Gasteiger partial charge is 0.495 e. The van der Waals surface area contributed by atoms with Crippen LogP contribution in [0.25, 0.3) is 0 Å². The van der Waals surface area contributed by atoms with Gasteiger partial charge in [0, 0.05) is 11.4 Å². The molecule has 0 radical (unpaired) electrons. The lowest BCUT2D eigenvalue weighted by molar-refractivity contribution is 0.395. The van der Waals surface area contributed by atoms with Crippen molar-refractivity contribution in [2.75, 3.05) is 19.5 Å². The SMILES string of the molecule is COc1cc(OC)c(NCc2cscn2)cc1Cl. The van der Waals surface area contributed by atoms with Crippen LogP contribution in [0.5, 0.6) is 11.5 Å². The highest BCUT2D eigenvalue weighted by molar-refractivity contribution is 7.07. The molecule has 0 aliphatic heterocycles.